The smallest absolute Gasteiger partial charge is 0.328 e. The van der Waals surface area contributed by atoms with Gasteiger partial charge in [0, 0.05) is 12.7 Å². The van der Waals surface area contributed by atoms with E-state index in [1.165, 1.54) is 24.2 Å². The molecule has 1 aromatic carbocycles. The van der Waals surface area contributed by atoms with Crippen LogP contribution in [0.2, 0.25) is 0 Å². The molecule has 0 fully saturated rings. The van der Waals surface area contributed by atoms with Crippen molar-refractivity contribution in [2.24, 2.45) is 0 Å². The van der Waals surface area contributed by atoms with Crippen LogP contribution in [0.3, 0.4) is 0 Å². The van der Waals surface area contributed by atoms with Crippen LogP contribution in [0.25, 0.3) is 0 Å². The van der Waals surface area contributed by atoms with E-state index in [0.717, 1.165) is 0 Å². The number of rotatable bonds is 6. The van der Waals surface area contributed by atoms with E-state index in [-0.39, 0.29) is 4.90 Å². The maximum atomic E-state index is 12.4. The van der Waals surface area contributed by atoms with E-state index >= 15 is 0 Å². The molecule has 0 radical (unpaired) electrons. The Morgan fingerprint density at radius 1 is 1.36 bits per heavy atom. The van der Waals surface area contributed by atoms with E-state index in [9.17, 15) is 13.2 Å². The van der Waals surface area contributed by atoms with Crippen molar-refractivity contribution in [3.05, 3.63) is 48.3 Å². The summed E-state index contributed by atoms with van der Waals surface area (Å²) in [7, 11) is -2.68. The molecule has 118 valence electrons. The third-order valence-corrected chi connectivity index (χ3v) is 4.46. The molecular formula is C14H17N3O4S. The molecule has 1 unspecified atom stereocenters. The number of benzene rings is 1. The zero-order valence-corrected chi connectivity index (χ0v) is 13.1. The van der Waals surface area contributed by atoms with Gasteiger partial charge < -0.3 is 4.74 Å². The summed E-state index contributed by atoms with van der Waals surface area (Å²) in [5.74, 6) is -0.683. The summed E-state index contributed by atoms with van der Waals surface area (Å²) in [4.78, 5) is 11.9. The number of esters is 1. The molecule has 1 aromatic heterocycles. The van der Waals surface area contributed by atoms with Crippen molar-refractivity contribution in [3.8, 4) is 0 Å². The average molecular weight is 323 g/mol. The Kier molecular flexibility index (Phi) is 4.94. The number of nitrogens with one attached hydrogen (secondary N) is 1. The first-order valence-electron chi connectivity index (χ1n) is 6.65. The van der Waals surface area contributed by atoms with Crippen molar-refractivity contribution >= 4 is 16.0 Å². The minimum atomic E-state index is -3.89. The van der Waals surface area contributed by atoms with Crippen molar-refractivity contribution in [2.75, 3.05) is 7.11 Å². The minimum absolute atomic E-state index is 0.000755. The number of aryl methyl sites for hydroxylation is 1. The molecule has 0 saturated carbocycles. The Labute approximate surface area is 129 Å². The third kappa shape index (κ3) is 3.52. The van der Waals surface area contributed by atoms with Crippen LogP contribution in [0, 0.1) is 0 Å². The molecule has 0 saturated heterocycles. The molecule has 1 atom stereocenters. The fraction of sp³-hybridized carbons (Fsp3) is 0.286. The summed E-state index contributed by atoms with van der Waals surface area (Å²) >= 11 is 0. The Bertz CT molecular complexity index is 740. The lowest BCUT2D eigenvalue weighted by molar-refractivity contribution is -0.142. The number of hydrogen-bond acceptors (Lipinski definition) is 5. The monoisotopic (exact) mass is 323 g/mol. The Morgan fingerprint density at radius 3 is 2.59 bits per heavy atom. The zero-order chi connectivity index (χ0) is 16.2. The van der Waals surface area contributed by atoms with Gasteiger partial charge in [0.2, 0.25) is 10.0 Å². The van der Waals surface area contributed by atoms with Crippen LogP contribution >= 0.6 is 0 Å². The number of carbonyl (C=O) groups is 1. The van der Waals surface area contributed by atoms with Gasteiger partial charge in [-0.15, -0.1) is 0 Å². The van der Waals surface area contributed by atoms with E-state index in [4.69, 9.17) is 0 Å². The number of carbonyl (C=O) groups excluding carboxylic acids is 1. The van der Waals surface area contributed by atoms with Crippen molar-refractivity contribution in [1.29, 1.82) is 0 Å². The summed E-state index contributed by atoms with van der Waals surface area (Å²) < 4.78 is 33.3. The third-order valence-electron chi connectivity index (χ3n) is 3.09. The fourth-order valence-corrected chi connectivity index (χ4v) is 3.02. The predicted molar refractivity (Wildman–Crippen MR) is 79.4 cm³/mol. The predicted octanol–water partition coefficient (Wildman–Crippen LogP) is 1.10. The number of nitrogens with zero attached hydrogens (tertiary/aromatic N) is 2. The molecule has 0 bridgehead atoms. The van der Waals surface area contributed by atoms with E-state index in [1.807, 2.05) is 6.92 Å². The van der Waals surface area contributed by atoms with Crippen LogP contribution in [-0.4, -0.2) is 31.3 Å². The number of hydrogen-bond donors (Lipinski definition) is 1. The molecular weight excluding hydrogens is 306 g/mol. The van der Waals surface area contributed by atoms with Crippen LogP contribution in [0.4, 0.5) is 0 Å². The van der Waals surface area contributed by atoms with Crippen LogP contribution in [0.1, 0.15) is 18.5 Å². The van der Waals surface area contributed by atoms with E-state index in [2.05, 4.69) is 14.6 Å². The summed E-state index contributed by atoms with van der Waals surface area (Å²) in [5, 5.41) is 3.93. The van der Waals surface area contributed by atoms with E-state index in [0.29, 0.717) is 12.1 Å². The molecule has 0 aliphatic carbocycles. The molecule has 0 spiro atoms. The van der Waals surface area contributed by atoms with Gasteiger partial charge in [-0.05, 0) is 12.5 Å². The van der Waals surface area contributed by atoms with Crippen LogP contribution in [-0.2, 0) is 26.1 Å². The molecule has 0 aliphatic rings. The first-order valence-corrected chi connectivity index (χ1v) is 8.14. The first-order chi connectivity index (χ1) is 10.5. The van der Waals surface area contributed by atoms with Crippen molar-refractivity contribution in [3.63, 3.8) is 0 Å². The lowest BCUT2D eigenvalue weighted by Crippen LogP contribution is -2.34. The molecule has 7 nitrogen and oxygen atoms in total. The maximum Gasteiger partial charge on any atom is 0.328 e. The molecule has 22 heavy (non-hydrogen) atoms. The fourth-order valence-electron chi connectivity index (χ4n) is 1.90. The molecule has 1 heterocycles. The highest BCUT2D eigenvalue weighted by Crippen LogP contribution is 2.18. The van der Waals surface area contributed by atoms with Gasteiger partial charge in [0.1, 0.15) is 10.9 Å². The number of ether oxygens (including phenoxy) is 1. The van der Waals surface area contributed by atoms with Gasteiger partial charge in [-0.1, -0.05) is 30.3 Å². The normalized spacial score (nSPS) is 12.8. The summed E-state index contributed by atoms with van der Waals surface area (Å²) in [6.45, 7) is 2.40. The minimum Gasteiger partial charge on any atom is -0.468 e. The second kappa shape index (κ2) is 6.71. The highest BCUT2D eigenvalue weighted by molar-refractivity contribution is 7.89. The van der Waals surface area contributed by atoms with Gasteiger partial charge in [0.15, 0.2) is 0 Å². The molecule has 1 N–H and O–H groups in total. The van der Waals surface area contributed by atoms with Crippen LogP contribution in [0.15, 0.2) is 47.6 Å². The largest absolute Gasteiger partial charge is 0.468 e. The van der Waals surface area contributed by atoms with Crippen molar-refractivity contribution in [2.45, 2.75) is 24.4 Å². The van der Waals surface area contributed by atoms with E-state index in [1.54, 1.807) is 30.3 Å². The molecule has 2 aromatic rings. The standard InChI is InChI=1S/C14H17N3O4S/c1-3-17-10-12(9-15-17)22(19,20)16-13(14(18)21-2)11-7-5-4-6-8-11/h4-10,13,16H,3H2,1-2H3. The van der Waals surface area contributed by atoms with E-state index < -0.39 is 22.0 Å². The molecule has 0 amide bonds. The second-order valence-corrected chi connectivity index (χ2v) is 6.23. The van der Waals surface area contributed by atoms with Gasteiger partial charge in [-0.3, -0.25) is 4.68 Å². The summed E-state index contributed by atoms with van der Waals surface area (Å²) in [6, 6.07) is 7.40. The average Bonchev–Trinajstić information content (AvgIpc) is 3.03. The highest BCUT2D eigenvalue weighted by Gasteiger charge is 2.28. The van der Waals surface area contributed by atoms with Gasteiger partial charge in [0.25, 0.3) is 0 Å². The highest BCUT2D eigenvalue weighted by atomic mass is 32.2. The van der Waals surface area contributed by atoms with Gasteiger partial charge in [-0.25, -0.2) is 13.2 Å². The van der Waals surface area contributed by atoms with Crippen molar-refractivity contribution < 1.29 is 17.9 Å². The SMILES string of the molecule is CCn1cc(S(=O)(=O)NC(C(=O)OC)c2ccccc2)cn1. The Hall–Kier alpha value is -2.19. The van der Waals surface area contributed by atoms with Gasteiger partial charge in [-0.2, -0.15) is 9.82 Å². The zero-order valence-electron chi connectivity index (χ0n) is 12.3. The van der Waals surface area contributed by atoms with Gasteiger partial charge >= 0.3 is 5.97 Å². The maximum absolute atomic E-state index is 12.4. The topological polar surface area (TPSA) is 90.3 Å². The molecule has 8 heteroatoms. The molecule has 0 aliphatic heterocycles. The Balaban J connectivity index is 2.32. The first kappa shape index (κ1) is 16.2. The van der Waals surface area contributed by atoms with Crippen LogP contribution in [0.5, 0.6) is 0 Å². The van der Waals surface area contributed by atoms with Crippen molar-refractivity contribution in [1.82, 2.24) is 14.5 Å². The summed E-state index contributed by atoms with van der Waals surface area (Å²) in [5.41, 5.74) is 0.501. The van der Waals surface area contributed by atoms with Gasteiger partial charge in [0.05, 0.1) is 13.3 Å². The number of sulfonamides is 1. The number of aromatic nitrogens is 2. The second-order valence-electron chi connectivity index (χ2n) is 4.52. The number of methoxy groups -OCH3 is 1. The summed E-state index contributed by atoms with van der Waals surface area (Å²) in [6.07, 6.45) is 2.65. The lowest BCUT2D eigenvalue weighted by Gasteiger charge is -2.16. The van der Waals surface area contributed by atoms with Crippen LogP contribution < -0.4 is 4.72 Å². The lowest BCUT2D eigenvalue weighted by atomic mass is 10.1. The quantitative estimate of drug-likeness (QED) is 0.804. The Morgan fingerprint density at radius 2 is 2.05 bits per heavy atom. The molecule has 2 rings (SSSR count).